The monoisotopic (exact) mass is 250 g/mol. The van der Waals surface area contributed by atoms with E-state index in [1.54, 1.807) is 7.11 Å². The first-order chi connectivity index (χ1) is 8.72. The van der Waals surface area contributed by atoms with E-state index in [4.69, 9.17) is 15.2 Å². The highest BCUT2D eigenvalue weighted by Crippen LogP contribution is 2.27. The number of nitrogens with zero attached hydrogens (tertiary/aromatic N) is 1. The predicted molar refractivity (Wildman–Crippen MR) is 73.2 cm³/mol. The van der Waals surface area contributed by atoms with Gasteiger partial charge in [0.15, 0.2) is 0 Å². The number of anilines is 1. The average molecular weight is 250 g/mol. The second-order valence-electron chi connectivity index (χ2n) is 4.84. The molecule has 2 atom stereocenters. The fourth-order valence-electron chi connectivity index (χ4n) is 2.40. The van der Waals surface area contributed by atoms with Crippen molar-refractivity contribution < 1.29 is 9.47 Å². The molecule has 1 aliphatic rings. The van der Waals surface area contributed by atoms with Gasteiger partial charge in [-0.15, -0.1) is 0 Å². The maximum absolute atomic E-state index is 6.25. The third-order valence-corrected chi connectivity index (χ3v) is 3.55. The quantitative estimate of drug-likeness (QED) is 0.860. The first-order valence-corrected chi connectivity index (χ1v) is 6.40. The zero-order chi connectivity index (χ0) is 13.0. The Morgan fingerprint density at radius 1 is 1.50 bits per heavy atom. The van der Waals surface area contributed by atoms with Gasteiger partial charge in [0.05, 0.1) is 19.4 Å². The molecule has 0 bridgehead atoms. The summed E-state index contributed by atoms with van der Waals surface area (Å²) < 4.78 is 10.8. The number of likely N-dealkylation sites (N-methyl/N-ethyl adjacent to an activating group) is 1. The van der Waals surface area contributed by atoms with E-state index in [-0.39, 0.29) is 6.04 Å². The summed E-state index contributed by atoms with van der Waals surface area (Å²) in [4.78, 5) is 2.15. The number of hydrogen-bond acceptors (Lipinski definition) is 4. The SMILES string of the molecule is COc1ccccc1N(C)CC(N)C1CCOC1. The van der Waals surface area contributed by atoms with E-state index in [0.717, 1.165) is 37.6 Å². The molecule has 2 unspecified atom stereocenters. The van der Waals surface area contributed by atoms with Crippen LogP contribution in [0.2, 0.25) is 0 Å². The van der Waals surface area contributed by atoms with Gasteiger partial charge in [-0.3, -0.25) is 0 Å². The lowest BCUT2D eigenvalue weighted by molar-refractivity contribution is 0.181. The summed E-state index contributed by atoms with van der Waals surface area (Å²) in [6.07, 6.45) is 1.07. The minimum absolute atomic E-state index is 0.141. The highest BCUT2D eigenvalue weighted by molar-refractivity contribution is 5.57. The van der Waals surface area contributed by atoms with Crippen molar-refractivity contribution in [2.75, 3.05) is 38.8 Å². The van der Waals surface area contributed by atoms with Crippen molar-refractivity contribution in [1.29, 1.82) is 0 Å². The predicted octanol–water partition coefficient (Wildman–Crippen LogP) is 1.50. The Morgan fingerprint density at radius 3 is 2.94 bits per heavy atom. The molecule has 0 spiro atoms. The molecule has 2 N–H and O–H groups in total. The van der Waals surface area contributed by atoms with Crippen LogP contribution in [0.3, 0.4) is 0 Å². The maximum Gasteiger partial charge on any atom is 0.142 e. The normalized spacial score (nSPS) is 20.7. The number of hydrogen-bond donors (Lipinski definition) is 1. The molecule has 100 valence electrons. The highest BCUT2D eigenvalue weighted by atomic mass is 16.5. The summed E-state index contributed by atoms with van der Waals surface area (Å²) >= 11 is 0. The minimum atomic E-state index is 0.141. The largest absolute Gasteiger partial charge is 0.495 e. The summed E-state index contributed by atoms with van der Waals surface area (Å²) in [6.45, 7) is 2.45. The smallest absolute Gasteiger partial charge is 0.142 e. The molecule has 18 heavy (non-hydrogen) atoms. The standard InChI is InChI=1S/C14H22N2O2/c1-16(9-12(15)11-7-8-18-10-11)13-5-3-4-6-14(13)17-2/h3-6,11-12H,7-10,15H2,1-2H3. The number of para-hydroxylation sites is 2. The van der Waals surface area contributed by atoms with Crippen molar-refractivity contribution in [1.82, 2.24) is 0 Å². The van der Waals surface area contributed by atoms with Crippen molar-refractivity contribution >= 4 is 5.69 Å². The highest BCUT2D eigenvalue weighted by Gasteiger charge is 2.24. The molecule has 1 aromatic carbocycles. The molecule has 1 saturated heterocycles. The van der Waals surface area contributed by atoms with Gasteiger partial charge < -0.3 is 20.1 Å². The Morgan fingerprint density at radius 2 is 2.28 bits per heavy atom. The van der Waals surface area contributed by atoms with Crippen LogP contribution in [0.4, 0.5) is 5.69 Å². The van der Waals surface area contributed by atoms with Crippen molar-refractivity contribution in [3.05, 3.63) is 24.3 Å². The summed E-state index contributed by atoms with van der Waals surface area (Å²) in [5, 5.41) is 0. The number of methoxy groups -OCH3 is 1. The Balaban J connectivity index is 1.99. The molecule has 4 nitrogen and oxygen atoms in total. The summed E-state index contributed by atoms with van der Waals surface area (Å²) in [5.41, 5.74) is 7.32. The van der Waals surface area contributed by atoms with Gasteiger partial charge in [-0.25, -0.2) is 0 Å². The Hall–Kier alpha value is -1.26. The van der Waals surface area contributed by atoms with Crippen LogP contribution in [0, 0.1) is 5.92 Å². The Bertz CT molecular complexity index is 378. The second-order valence-corrected chi connectivity index (χ2v) is 4.84. The van der Waals surface area contributed by atoms with Crippen molar-refractivity contribution in [2.24, 2.45) is 11.7 Å². The van der Waals surface area contributed by atoms with E-state index >= 15 is 0 Å². The van der Waals surface area contributed by atoms with E-state index in [1.807, 2.05) is 25.2 Å². The van der Waals surface area contributed by atoms with Gasteiger partial charge in [0.1, 0.15) is 5.75 Å². The number of ether oxygens (including phenoxy) is 2. The van der Waals surface area contributed by atoms with Crippen LogP contribution in [-0.4, -0.2) is 40.0 Å². The fraction of sp³-hybridized carbons (Fsp3) is 0.571. The molecule has 0 radical (unpaired) electrons. The van der Waals surface area contributed by atoms with Crippen LogP contribution < -0.4 is 15.4 Å². The zero-order valence-corrected chi connectivity index (χ0v) is 11.1. The molecule has 0 saturated carbocycles. The van der Waals surface area contributed by atoms with E-state index in [2.05, 4.69) is 11.0 Å². The lowest BCUT2D eigenvalue weighted by Gasteiger charge is -2.27. The lowest BCUT2D eigenvalue weighted by atomic mass is 9.99. The van der Waals surface area contributed by atoms with Crippen LogP contribution in [-0.2, 0) is 4.74 Å². The molecule has 4 heteroatoms. The molecule has 0 aliphatic carbocycles. The molecule has 1 heterocycles. The summed E-state index contributed by atoms with van der Waals surface area (Å²) in [6, 6.07) is 8.15. The summed E-state index contributed by atoms with van der Waals surface area (Å²) in [7, 11) is 3.74. The second kappa shape index (κ2) is 6.07. The first-order valence-electron chi connectivity index (χ1n) is 6.40. The van der Waals surface area contributed by atoms with Crippen molar-refractivity contribution in [2.45, 2.75) is 12.5 Å². The zero-order valence-electron chi connectivity index (χ0n) is 11.1. The average Bonchev–Trinajstić information content (AvgIpc) is 2.92. The fourth-order valence-corrected chi connectivity index (χ4v) is 2.40. The minimum Gasteiger partial charge on any atom is -0.495 e. The Kier molecular flexibility index (Phi) is 4.44. The Labute approximate surface area is 109 Å². The van der Waals surface area contributed by atoms with Crippen molar-refractivity contribution in [3.8, 4) is 5.75 Å². The van der Waals surface area contributed by atoms with Crippen LogP contribution in [0.25, 0.3) is 0 Å². The molecular weight excluding hydrogens is 228 g/mol. The van der Waals surface area contributed by atoms with Crippen LogP contribution in [0.15, 0.2) is 24.3 Å². The topological polar surface area (TPSA) is 47.7 Å². The number of benzene rings is 1. The third-order valence-electron chi connectivity index (χ3n) is 3.55. The molecular formula is C14H22N2O2. The van der Waals surface area contributed by atoms with E-state index in [0.29, 0.717) is 5.92 Å². The van der Waals surface area contributed by atoms with Crippen LogP contribution in [0.5, 0.6) is 5.75 Å². The molecule has 0 aromatic heterocycles. The van der Waals surface area contributed by atoms with Gasteiger partial charge in [-0.2, -0.15) is 0 Å². The number of nitrogens with two attached hydrogens (primary N) is 1. The van der Waals surface area contributed by atoms with Gasteiger partial charge in [-0.05, 0) is 18.6 Å². The maximum atomic E-state index is 6.25. The summed E-state index contributed by atoms with van der Waals surface area (Å²) in [5.74, 6) is 1.36. The molecule has 1 aromatic rings. The first kappa shape index (κ1) is 13.2. The van der Waals surface area contributed by atoms with Crippen LogP contribution in [0.1, 0.15) is 6.42 Å². The van der Waals surface area contributed by atoms with Gasteiger partial charge in [0, 0.05) is 32.2 Å². The van der Waals surface area contributed by atoms with E-state index in [1.165, 1.54) is 0 Å². The van der Waals surface area contributed by atoms with E-state index in [9.17, 15) is 0 Å². The third kappa shape index (κ3) is 2.94. The van der Waals surface area contributed by atoms with Crippen molar-refractivity contribution in [3.63, 3.8) is 0 Å². The van der Waals surface area contributed by atoms with Crippen LogP contribution >= 0.6 is 0 Å². The lowest BCUT2D eigenvalue weighted by Crippen LogP contribution is -2.41. The van der Waals surface area contributed by atoms with Gasteiger partial charge in [0.25, 0.3) is 0 Å². The molecule has 1 fully saturated rings. The number of rotatable bonds is 5. The van der Waals surface area contributed by atoms with Gasteiger partial charge in [0.2, 0.25) is 0 Å². The van der Waals surface area contributed by atoms with E-state index < -0.39 is 0 Å². The molecule has 0 amide bonds. The molecule has 1 aliphatic heterocycles. The molecule has 2 rings (SSSR count). The van der Waals surface area contributed by atoms with Gasteiger partial charge in [-0.1, -0.05) is 12.1 Å². The van der Waals surface area contributed by atoms with Gasteiger partial charge >= 0.3 is 0 Å².